The average molecular weight is 337 g/mol. The molecule has 132 valence electrons. The zero-order chi connectivity index (χ0) is 17.7. The third-order valence-electron chi connectivity index (χ3n) is 4.41. The highest BCUT2D eigenvalue weighted by molar-refractivity contribution is 5.84. The summed E-state index contributed by atoms with van der Waals surface area (Å²) in [7, 11) is 0. The lowest BCUT2D eigenvalue weighted by atomic mass is 9.64. The molecule has 1 aromatic carbocycles. The highest BCUT2D eigenvalue weighted by Crippen LogP contribution is 2.46. The van der Waals surface area contributed by atoms with E-state index in [2.05, 4.69) is 19.2 Å². The van der Waals surface area contributed by atoms with Crippen molar-refractivity contribution in [2.75, 3.05) is 6.54 Å². The van der Waals surface area contributed by atoms with Crippen molar-refractivity contribution in [1.29, 1.82) is 0 Å². The van der Waals surface area contributed by atoms with Crippen molar-refractivity contribution in [2.24, 2.45) is 11.3 Å². The molecule has 0 bridgehead atoms. The Morgan fingerprint density at radius 2 is 1.92 bits per heavy atom. The summed E-state index contributed by atoms with van der Waals surface area (Å²) in [6.45, 7) is 4.03. The van der Waals surface area contributed by atoms with Crippen molar-refractivity contribution in [3.05, 3.63) is 30.1 Å². The monoisotopic (exact) mass is 337 g/mol. The van der Waals surface area contributed by atoms with Crippen LogP contribution in [0.15, 0.2) is 24.3 Å². The number of nitrogens with one attached hydrogen (secondary N) is 1. The summed E-state index contributed by atoms with van der Waals surface area (Å²) in [6, 6.07) is 5.11. The van der Waals surface area contributed by atoms with Crippen LogP contribution in [0, 0.1) is 17.2 Å². The molecule has 1 atom stereocenters. The van der Waals surface area contributed by atoms with Crippen LogP contribution < -0.4 is 10.1 Å². The number of carbonyl (C=O) groups excluding carboxylic acids is 1. The van der Waals surface area contributed by atoms with Crippen molar-refractivity contribution in [2.45, 2.75) is 45.6 Å². The maximum Gasteiger partial charge on any atom is 0.346 e. The van der Waals surface area contributed by atoms with Crippen LogP contribution in [0.25, 0.3) is 0 Å². The van der Waals surface area contributed by atoms with Gasteiger partial charge in [-0.1, -0.05) is 20.3 Å². The van der Waals surface area contributed by atoms with Gasteiger partial charge in [-0.15, -0.1) is 0 Å². The van der Waals surface area contributed by atoms with E-state index >= 15 is 0 Å². The molecule has 0 saturated heterocycles. The Morgan fingerprint density at radius 1 is 1.29 bits per heavy atom. The molecule has 0 spiro atoms. The number of hydrogen-bond donors (Lipinski definition) is 2. The van der Waals surface area contributed by atoms with Crippen molar-refractivity contribution in [1.82, 2.24) is 5.32 Å². The molecule has 1 amide bonds. The fourth-order valence-electron chi connectivity index (χ4n) is 3.14. The molecular formula is C18H24FNO4. The lowest BCUT2D eigenvalue weighted by Gasteiger charge is -2.41. The number of ether oxygens (including phenoxy) is 1. The normalized spacial score (nSPS) is 17.0. The van der Waals surface area contributed by atoms with E-state index in [1.807, 2.05) is 0 Å². The summed E-state index contributed by atoms with van der Waals surface area (Å²) in [6.07, 6.45) is 2.29. The van der Waals surface area contributed by atoms with Gasteiger partial charge in [-0.25, -0.2) is 9.18 Å². The number of carboxylic acid groups (broad SMARTS) is 1. The quantitative estimate of drug-likeness (QED) is 0.765. The Hall–Kier alpha value is -2.11. The van der Waals surface area contributed by atoms with Crippen LogP contribution in [-0.4, -0.2) is 29.6 Å². The van der Waals surface area contributed by atoms with Crippen LogP contribution in [0.4, 0.5) is 4.39 Å². The molecule has 1 unspecified atom stereocenters. The topological polar surface area (TPSA) is 75.6 Å². The minimum atomic E-state index is -1.21. The van der Waals surface area contributed by atoms with E-state index in [-0.39, 0.29) is 23.6 Å². The number of carbonyl (C=O) groups is 2. The van der Waals surface area contributed by atoms with Gasteiger partial charge in [-0.05, 0) is 49.4 Å². The van der Waals surface area contributed by atoms with Gasteiger partial charge in [-0.3, -0.25) is 4.79 Å². The second-order valence-corrected chi connectivity index (χ2v) is 6.84. The average Bonchev–Trinajstić information content (AvgIpc) is 2.48. The van der Waals surface area contributed by atoms with Gasteiger partial charge in [-0.2, -0.15) is 0 Å². The Balaban J connectivity index is 1.94. The molecule has 0 radical (unpaired) electrons. The molecule has 24 heavy (non-hydrogen) atoms. The third kappa shape index (κ3) is 4.46. The summed E-state index contributed by atoms with van der Waals surface area (Å²) >= 11 is 0. The van der Waals surface area contributed by atoms with E-state index in [0.29, 0.717) is 5.92 Å². The Bertz CT molecular complexity index is 581. The first-order valence-corrected chi connectivity index (χ1v) is 8.26. The fourth-order valence-corrected chi connectivity index (χ4v) is 3.14. The first-order valence-electron chi connectivity index (χ1n) is 8.26. The lowest BCUT2D eigenvalue weighted by Crippen LogP contribution is -2.50. The molecule has 0 aromatic heterocycles. The summed E-state index contributed by atoms with van der Waals surface area (Å²) < 4.78 is 18.2. The van der Waals surface area contributed by atoms with Crippen molar-refractivity contribution < 1.29 is 23.8 Å². The number of benzene rings is 1. The van der Waals surface area contributed by atoms with Crippen LogP contribution in [0.5, 0.6) is 5.75 Å². The molecule has 1 aromatic rings. The first kappa shape index (κ1) is 18.2. The van der Waals surface area contributed by atoms with Crippen LogP contribution in [0.2, 0.25) is 0 Å². The van der Waals surface area contributed by atoms with Gasteiger partial charge < -0.3 is 15.2 Å². The standard InChI is InChI=1S/C18H24FNO4/c1-12(2)10-18(8-3-9-18)17(23)20-11-15(16(21)22)24-14-6-4-13(19)5-7-14/h4-7,12,15H,3,8-11H2,1-2H3,(H,20,23)(H,21,22). The molecule has 0 heterocycles. The Kier molecular flexibility index (Phi) is 5.80. The predicted molar refractivity (Wildman–Crippen MR) is 87.2 cm³/mol. The molecule has 6 heteroatoms. The number of carboxylic acids is 1. The maximum absolute atomic E-state index is 12.9. The van der Waals surface area contributed by atoms with Gasteiger partial charge in [0.15, 0.2) is 0 Å². The molecule has 1 aliphatic carbocycles. The highest BCUT2D eigenvalue weighted by Gasteiger charge is 2.44. The number of aliphatic carboxylic acids is 1. The van der Waals surface area contributed by atoms with Crippen LogP contribution in [0.3, 0.4) is 0 Å². The molecular weight excluding hydrogens is 313 g/mol. The molecule has 1 saturated carbocycles. The van der Waals surface area contributed by atoms with Crippen LogP contribution in [-0.2, 0) is 9.59 Å². The Labute approximate surface area is 141 Å². The largest absolute Gasteiger partial charge is 0.478 e. The number of hydrogen-bond acceptors (Lipinski definition) is 3. The van der Waals surface area contributed by atoms with E-state index in [1.54, 1.807) is 0 Å². The minimum absolute atomic E-state index is 0.101. The summed E-state index contributed by atoms with van der Waals surface area (Å²) in [5, 5.41) is 12.0. The van der Waals surface area contributed by atoms with Crippen LogP contribution >= 0.6 is 0 Å². The third-order valence-corrected chi connectivity index (χ3v) is 4.41. The molecule has 1 fully saturated rings. The Morgan fingerprint density at radius 3 is 2.38 bits per heavy atom. The van der Waals surface area contributed by atoms with E-state index < -0.39 is 17.9 Å². The lowest BCUT2D eigenvalue weighted by molar-refractivity contribution is -0.146. The number of halogens is 1. The fraction of sp³-hybridized carbons (Fsp3) is 0.556. The van der Waals surface area contributed by atoms with Gasteiger partial charge in [0.05, 0.1) is 6.54 Å². The van der Waals surface area contributed by atoms with Crippen molar-refractivity contribution >= 4 is 11.9 Å². The van der Waals surface area contributed by atoms with Gasteiger partial charge in [0.25, 0.3) is 0 Å². The highest BCUT2D eigenvalue weighted by atomic mass is 19.1. The first-order chi connectivity index (χ1) is 11.3. The summed E-state index contributed by atoms with van der Waals surface area (Å²) in [4.78, 5) is 23.8. The number of rotatable bonds is 8. The molecule has 2 rings (SSSR count). The second kappa shape index (κ2) is 7.64. The van der Waals surface area contributed by atoms with Gasteiger partial charge >= 0.3 is 5.97 Å². The van der Waals surface area contributed by atoms with E-state index in [4.69, 9.17) is 4.74 Å². The molecule has 2 N–H and O–H groups in total. The summed E-state index contributed by atoms with van der Waals surface area (Å²) in [5.74, 6) is -1.05. The van der Waals surface area contributed by atoms with E-state index in [9.17, 15) is 19.1 Å². The van der Waals surface area contributed by atoms with Crippen molar-refractivity contribution in [3.8, 4) is 5.75 Å². The smallest absolute Gasteiger partial charge is 0.346 e. The number of amides is 1. The second-order valence-electron chi connectivity index (χ2n) is 6.84. The predicted octanol–water partition coefficient (Wildman–Crippen LogP) is 2.99. The van der Waals surface area contributed by atoms with Gasteiger partial charge in [0, 0.05) is 5.41 Å². The molecule has 1 aliphatic rings. The zero-order valence-electron chi connectivity index (χ0n) is 14.0. The maximum atomic E-state index is 12.9. The van der Waals surface area contributed by atoms with Gasteiger partial charge in [0.1, 0.15) is 11.6 Å². The SMILES string of the molecule is CC(C)CC1(C(=O)NCC(Oc2ccc(F)cc2)C(=O)O)CCC1. The zero-order valence-corrected chi connectivity index (χ0v) is 14.0. The summed E-state index contributed by atoms with van der Waals surface area (Å²) in [5.41, 5.74) is -0.368. The van der Waals surface area contributed by atoms with Crippen molar-refractivity contribution in [3.63, 3.8) is 0 Å². The van der Waals surface area contributed by atoms with E-state index in [1.165, 1.54) is 24.3 Å². The van der Waals surface area contributed by atoms with Gasteiger partial charge in [0.2, 0.25) is 12.0 Å². The van der Waals surface area contributed by atoms with Crippen LogP contribution in [0.1, 0.15) is 39.5 Å². The molecule has 0 aliphatic heterocycles. The minimum Gasteiger partial charge on any atom is -0.478 e. The molecule has 5 nitrogen and oxygen atoms in total. The van der Waals surface area contributed by atoms with E-state index in [0.717, 1.165) is 25.7 Å².